The highest BCUT2D eigenvalue weighted by Crippen LogP contribution is 2.33. The molecule has 2 aromatic heterocycles. The largest absolute Gasteiger partial charge is 0.384 e. The molecule has 1 aromatic carbocycles. The summed E-state index contributed by atoms with van der Waals surface area (Å²) in [5, 5.41) is 2.01. The number of halogens is 1. The van der Waals surface area contributed by atoms with Crippen molar-refractivity contribution in [1.29, 1.82) is 0 Å². The van der Waals surface area contributed by atoms with E-state index in [2.05, 4.69) is 16.9 Å². The number of nitrogens with zero attached hydrogens (tertiary/aromatic N) is 4. The number of pyridine rings is 1. The summed E-state index contributed by atoms with van der Waals surface area (Å²) in [5.74, 6) is 0.101. The van der Waals surface area contributed by atoms with Crippen LogP contribution in [0.3, 0.4) is 0 Å². The van der Waals surface area contributed by atoms with E-state index in [0.717, 1.165) is 18.7 Å². The highest BCUT2D eigenvalue weighted by molar-refractivity contribution is 5.79. The first kappa shape index (κ1) is 15.0. The standard InChI is InChI=1S/C17H18FN5/c1-2-8-23(22-9-7-20-12-22)16-10-17(19)21-11-14(16)13-5-3-4-6-15(13)18/h3-7,9-12H,2,8H2,1H3,(H2,19,21). The van der Waals surface area contributed by atoms with Gasteiger partial charge in [-0.25, -0.2) is 19.0 Å². The second kappa shape index (κ2) is 6.48. The van der Waals surface area contributed by atoms with Gasteiger partial charge in [-0.1, -0.05) is 25.1 Å². The molecule has 0 radical (unpaired) electrons. The molecule has 0 aliphatic heterocycles. The number of hydrogen-bond donors (Lipinski definition) is 1. The Kier molecular flexibility index (Phi) is 4.23. The minimum absolute atomic E-state index is 0.289. The molecule has 0 saturated heterocycles. The molecule has 2 N–H and O–H groups in total. The third-order valence-electron chi connectivity index (χ3n) is 3.55. The van der Waals surface area contributed by atoms with Gasteiger partial charge in [0, 0.05) is 42.3 Å². The second-order valence-electron chi connectivity index (χ2n) is 5.17. The number of hydrogen-bond acceptors (Lipinski definition) is 4. The van der Waals surface area contributed by atoms with E-state index in [4.69, 9.17) is 5.73 Å². The average molecular weight is 311 g/mol. The van der Waals surface area contributed by atoms with Gasteiger partial charge in [0.05, 0.1) is 5.69 Å². The lowest BCUT2D eigenvalue weighted by Crippen LogP contribution is -2.29. The van der Waals surface area contributed by atoms with Crippen LogP contribution in [-0.4, -0.2) is 21.2 Å². The molecule has 0 spiro atoms. The number of imidazole rings is 1. The number of anilines is 2. The van der Waals surface area contributed by atoms with Gasteiger partial charge in [-0.3, -0.25) is 5.01 Å². The van der Waals surface area contributed by atoms with Gasteiger partial charge < -0.3 is 5.73 Å². The van der Waals surface area contributed by atoms with Crippen molar-refractivity contribution in [1.82, 2.24) is 14.6 Å². The van der Waals surface area contributed by atoms with E-state index in [1.165, 1.54) is 6.07 Å². The fraction of sp³-hybridized carbons (Fsp3) is 0.176. The van der Waals surface area contributed by atoms with Crippen LogP contribution in [0.15, 0.2) is 55.2 Å². The van der Waals surface area contributed by atoms with Gasteiger partial charge in [-0.05, 0) is 12.5 Å². The van der Waals surface area contributed by atoms with E-state index in [-0.39, 0.29) is 5.82 Å². The molecule has 0 aliphatic carbocycles. The van der Waals surface area contributed by atoms with Crippen LogP contribution in [0.25, 0.3) is 11.1 Å². The maximum Gasteiger partial charge on any atom is 0.131 e. The Labute approximate surface area is 134 Å². The smallest absolute Gasteiger partial charge is 0.131 e. The zero-order valence-electron chi connectivity index (χ0n) is 12.9. The zero-order valence-corrected chi connectivity index (χ0v) is 12.9. The molecule has 3 aromatic rings. The van der Waals surface area contributed by atoms with Crippen LogP contribution in [-0.2, 0) is 0 Å². The van der Waals surface area contributed by atoms with Gasteiger partial charge in [0.1, 0.15) is 18.0 Å². The van der Waals surface area contributed by atoms with Gasteiger partial charge >= 0.3 is 0 Å². The molecular weight excluding hydrogens is 293 g/mol. The van der Waals surface area contributed by atoms with Crippen molar-refractivity contribution < 1.29 is 4.39 Å². The van der Waals surface area contributed by atoms with Crippen molar-refractivity contribution in [3.8, 4) is 11.1 Å². The highest BCUT2D eigenvalue weighted by atomic mass is 19.1. The summed E-state index contributed by atoms with van der Waals surface area (Å²) in [7, 11) is 0. The molecule has 3 rings (SSSR count). The molecule has 0 amide bonds. The number of benzene rings is 1. The minimum atomic E-state index is -0.289. The molecule has 0 atom stereocenters. The van der Waals surface area contributed by atoms with E-state index in [1.807, 2.05) is 15.9 Å². The van der Waals surface area contributed by atoms with Crippen molar-refractivity contribution in [2.45, 2.75) is 13.3 Å². The monoisotopic (exact) mass is 311 g/mol. The lowest BCUT2D eigenvalue weighted by molar-refractivity contribution is 0.630. The molecule has 23 heavy (non-hydrogen) atoms. The number of aromatic nitrogens is 3. The van der Waals surface area contributed by atoms with Gasteiger partial charge in [0.15, 0.2) is 0 Å². The third-order valence-corrected chi connectivity index (χ3v) is 3.55. The van der Waals surface area contributed by atoms with Gasteiger partial charge in [-0.2, -0.15) is 0 Å². The first-order valence-corrected chi connectivity index (χ1v) is 7.47. The molecule has 0 bridgehead atoms. The Morgan fingerprint density at radius 3 is 2.78 bits per heavy atom. The maximum atomic E-state index is 14.3. The van der Waals surface area contributed by atoms with Crippen LogP contribution in [0.5, 0.6) is 0 Å². The Hall–Kier alpha value is -2.89. The zero-order chi connectivity index (χ0) is 16.2. The van der Waals surface area contributed by atoms with E-state index >= 15 is 0 Å². The van der Waals surface area contributed by atoms with Crippen molar-refractivity contribution in [2.75, 3.05) is 17.3 Å². The Bertz CT molecular complexity index is 785. The summed E-state index contributed by atoms with van der Waals surface area (Å²) in [4.78, 5) is 8.23. The van der Waals surface area contributed by atoms with Gasteiger partial charge in [-0.15, -0.1) is 0 Å². The first-order chi connectivity index (χ1) is 11.2. The second-order valence-corrected chi connectivity index (χ2v) is 5.17. The highest BCUT2D eigenvalue weighted by Gasteiger charge is 2.17. The number of nitrogen functional groups attached to an aromatic ring is 1. The first-order valence-electron chi connectivity index (χ1n) is 7.47. The summed E-state index contributed by atoms with van der Waals surface area (Å²) in [6.45, 7) is 2.82. The van der Waals surface area contributed by atoms with Crippen LogP contribution < -0.4 is 10.7 Å². The van der Waals surface area contributed by atoms with Crippen molar-refractivity contribution >= 4 is 11.5 Å². The van der Waals surface area contributed by atoms with Gasteiger partial charge in [0.2, 0.25) is 0 Å². The predicted octanol–water partition coefficient (Wildman–Crippen LogP) is 3.35. The van der Waals surface area contributed by atoms with Crippen LogP contribution in [0.2, 0.25) is 0 Å². The van der Waals surface area contributed by atoms with E-state index in [0.29, 0.717) is 16.9 Å². The van der Waals surface area contributed by atoms with Crippen LogP contribution >= 0.6 is 0 Å². The SMILES string of the molecule is CCCN(c1cc(N)ncc1-c1ccccc1F)n1ccnc1. The average Bonchev–Trinajstić information content (AvgIpc) is 3.07. The Morgan fingerprint density at radius 2 is 2.09 bits per heavy atom. The summed E-state index contributed by atoms with van der Waals surface area (Å²) in [6.07, 6.45) is 7.78. The van der Waals surface area contributed by atoms with E-state index in [1.54, 1.807) is 43.0 Å². The summed E-state index contributed by atoms with van der Waals surface area (Å²) < 4.78 is 16.1. The van der Waals surface area contributed by atoms with Crippen LogP contribution in [0.1, 0.15) is 13.3 Å². The molecule has 0 aliphatic rings. The summed E-state index contributed by atoms with van der Waals surface area (Å²) >= 11 is 0. The predicted molar refractivity (Wildman–Crippen MR) is 89.3 cm³/mol. The van der Waals surface area contributed by atoms with Gasteiger partial charge in [0.25, 0.3) is 0 Å². The summed E-state index contributed by atoms with van der Waals surface area (Å²) in [5.41, 5.74) is 7.86. The molecule has 5 nitrogen and oxygen atoms in total. The van der Waals surface area contributed by atoms with Crippen molar-refractivity contribution in [2.24, 2.45) is 0 Å². The minimum Gasteiger partial charge on any atom is -0.384 e. The fourth-order valence-electron chi connectivity index (χ4n) is 2.53. The van der Waals surface area contributed by atoms with Crippen molar-refractivity contribution in [3.63, 3.8) is 0 Å². The number of rotatable bonds is 5. The molecule has 118 valence electrons. The fourth-order valence-corrected chi connectivity index (χ4v) is 2.53. The third kappa shape index (κ3) is 3.01. The molecule has 2 heterocycles. The maximum absolute atomic E-state index is 14.3. The molecule has 0 saturated carbocycles. The quantitative estimate of drug-likeness (QED) is 0.785. The molecule has 0 unspecified atom stereocenters. The normalized spacial score (nSPS) is 10.7. The molecular formula is C17H18FN5. The van der Waals surface area contributed by atoms with Crippen LogP contribution in [0.4, 0.5) is 15.9 Å². The summed E-state index contributed by atoms with van der Waals surface area (Å²) in [6, 6.07) is 8.42. The lowest BCUT2D eigenvalue weighted by Gasteiger charge is -2.27. The van der Waals surface area contributed by atoms with E-state index in [9.17, 15) is 4.39 Å². The van der Waals surface area contributed by atoms with Crippen molar-refractivity contribution in [3.05, 3.63) is 61.1 Å². The number of nitrogens with two attached hydrogens (primary N) is 1. The van der Waals surface area contributed by atoms with Crippen LogP contribution in [0, 0.1) is 5.82 Å². The lowest BCUT2D eigenvalue weighted by atomic mass is 10.0. The Morgan fingerprint density at radius 1 is 1.26 bits per heavy atom. The Balaban J connectivity index is 2.17. The van der Waals surface area contributed by atoms with E-state index < -0.39 is 0 Å². The molecule has 0 fully saturated rings. The molecule has 6 heteroatoms. The topological polar surface area (TPSA) is 60.0 Å².